The summed E-state index contributed by atoms with van der Waals surface area (Å²) in [5.41, 5.74) is 0. The van der Waals surface area contributed by atoms with Gasteiger partial charge in [0.15, 0.2) is 0 Å². The predicted molar refractivity (Wildman–Crippen MR) is 48.0 cm³/mol. The third-order valence-corrected chi connectivity index (χ3v) is 1.97. The molecule has 0 aromatic heterocycles. The van der Waals surface area contributed by atoms with Crippen molar-refractivity contribution in [2.45, 2.75) is 19.8 Å². The molecule has 1 aliphatic rings. The average Bonchev–Trinajstić information content (AvgIpc) is 2.18. The van der Waals surface area contributed by atoms with Crippen molar-refractivity contribution in [3.8, 4) is 0 Å². The van der Waals surface area contributed by atoms with Gasteiger partial charge >= 0.3 is 5.97 Å². The maximum absolute atomic E-state index is 10.5. The molecule has 5 heteroatoms. The monoisotopic (exact) mass is 189 g/mol. The van der Waals surface area contributed by atoms with Crippen LogP contribution in [0, 0.1) is 0 Å². The van der Waals surface area contributed by atoms with Gasteiger partial charge in [-0.3, -0.25) is 0 Å². The molecule has 0 bridgehead atoms. The molecule has 0 aromatic carbocycles. The van der Waals surface area contributed by atoms with E-state index in [0.29, 0.717) is 22.8 Å². The summed E-state index contributed by atoms with van der Waals surface area (Å²) in [6.07, 6.45) is 1.42. The van der Waals surface area contributed by atoms with Crippen LogP contribution >= 0.6 is 24.4 Å². The third-order valence-electron chi connectivity index (χ3n) is 1.23. The van der Waals surface area contributed by atoms with Gasteiger partial charge in [0.2, 0.25) is 0 Å². The van der Waals surface area contributed by atoms with Gasteiger partial charge in [-0.1, -0.05) is 24.4 Å². The lowest BCUT2D eigenvalue weighted by Gasteiger charge is -2.14. The predicted octanol–water partition coefficient (Wildman–Crippen LogP) is 1.22. The largest absolute Gasteiger partial charge is 0.335 e. The summed E-state index contributed by atoms with van der Waals surface area (Å²) in [5, 5.41) is 1.26. The summed E-state index contributed by atoms with van der Waals surface area (Å²) < 4.78 is 0. The summed E-state index contributed by atoms with van der Waals surface area (Å²) in [4.78, 5) is 16.4. The molecule has 60 valence electrons. The fraction of sp³-hybridized carbons (Fsp3) is 0.500. The first kappa shape index (κ1) is 8.55. The fourth-order valence-electron chi connectivity index (χ4n) is 0.786. The molecule has 3 nitrogen and oxygen atoms in total. The van der Waals surface area contributed by atoms with Crippen LogP contribution in [-0.2, 0) is 9.63 Å². The van der Waals surface area contributed by atoms with Crippen LogP contribution in [0.3, 0.4) is 0 Å². The first-order valence-electron chi connectivity index (χ1n) is 3.15. The molecular weight excluding hydrogens is 182 g/mol. The van der Waals surface area contributed by atoms with Crippen LogP contribution in [0.4, 0.5) is 0 Å². The highest BCUT2D eigenvalue weighted by molar-refractivity contribution is 7.82. The Kier molecular flexibility index (Phi) is 2.51. The van der Waals surface area contributed by atoms with Crippen molar-refractivity contribution in [1.82, 2.24) is 5.06 Å². The minimum atomic E-state index is -0.392. The lowest BCUT2D eigenvalue weighted by molar-refractivity contribution is -0.158. The van der Waals surface area contributed by atoms with Gasteiger partial charge in [0.25, 0.3) is 0 Å². The van der Waals surface area contributed by atoms with E-state index in [1.54, 1.807) is 0 Å². The van der Waals surface area contributed by atoms with Gasteiger partial charge in [-0.05, 0) is 0 Å². The number of hydroxylamine groups is 2. The van der Waals surface area contributed by atoms with E-state index in [9.17, 15) is 4.79 Å². The highest BCUT2D eigenvalue weighted by atomic mass is 32.1. The van der Waals surface area contributed by atoms with Crippen molar-refractivity contribution in [1.29, 1.82) is 0 Å². The fourth-order valence-corrected chi connectivity index (χ4v) is 1.34. The maximum atomic E-state index is 10.5. The molecule has 0 unspecified atom stereocenters. The van der Waals surface area contributed by atoms with Gasteiger partial charge in [-0.25, -0.2) is 4.79 Å². The summed E-state index contributed by atoms with van der Waals surface area (Å²) in [6, 6.07) is 0. The molecular formula is C6H7NO2S2. The molecule has 0 radical (unpaired) electrons. The van der Waals surface area contributed by atoms with Gasteiger partial charge in [0.1, 0.15) is 9.98 Å². The van der Waals surface area contributed by atoms with E-state index in [1.807, 2.05) is 0 Å². The minimum absolute atomic E-state index is 0.392. The highest BCUT2D eigenvalue weighted by Crippen LogP contribution is 2.15. The summed E-state index contributed by atoms with van der Waals surface area (Å²) >= 11 is 9.79. The number of carbonyl (C=O) groups excluding carboxylic acids is 1. The minimum Gasteiger partial charge on any atom is -0.335 e. The molecule has 0 amide bonds. The summed E-state index contributed by atoms with van der Waals surface area (Å²) in [6.45, 7) is 1.32. The molecule has 1 aliphatic heterocycles. The third kappa shape index (κ3) is 1.94. The first-order valence-corrected chi connectivity index (χ1v) is 3.97. The Bertz CT molecular complexity index is 211. The Morgan fingerprint density at radius 1 is 1.45 bits per heavy atom. The first-order chi connectivity index (χ1) is 5.11. The van der Waals surface area contributed by atoms with Crippen LogP contribution in [0.15, 0.2) is 0 Å². The summed E-state index contributed by atoms with van der Waals surface area (Å²) in [7, 11) is 0. The molecule has 0 spiro atoms. The molecule has 0 atom stereocenters. The molecule has 1 heterocycles. The normalized spacial score (nSPS) is 17.4. The molecule has 0 aliphatic carbocycles. The highest BCUT2D eigenvalue weighted by Gasteiger charge is 2.24. The standard InChI is InChI=1S/C6H7NO2S2/c1-4(8)9-7-5(10)2-3-6(7)11/h2-3H2,1H3. The second-order valence-corrected chi connectivity index (χ2v) is 3.11. The van der Waals surface area contributed by atoms with Gasteiger partial charge < -0.3 is 4.84 Å². The van der Waals surface area contributed by atoms with Crippen molar-refractivity contribution in [2.75, 3.05) is 0 Å². The number of hydrogen-bond donors (Lipinski definition) is 0. The van der Waals surface area contributed by atoms with Crippen molar-refractivity contribution in [3.05, 3.63) is 0 Å². The van der Waals surface area contributed by atoms with Crippen molar-refractivity contribution < 1.29 is 9.63 Å². The molecule has 0 N–H and O–H groups in total. The number of thiocarbonyl (C=S) groups is 2. The Labute approximate surface area is 75.3 Å². The van der Waals surface area contributed by atoms with E-state index in [1.165, 1.54) is 12.0 Å². The zero-order valence-electron chi connectivity index (χ0n) is 5.99. The van der Waals surface area contributed by atoms with Crippen LogP contribution < -0.4 is 0 Å². The van der Waals surface area contributed by atoms with Gasteiger partial charge in [0, 0.05) is 19.8 Å². The number of carbonyl (C=O) groups is 1. The van der Waals surface area contributed by atoms with Gasteiger partial charge in [-0.2, -0.15) is 5.06 Å². The van der Waals surface area contributed by atoms with E-state index >= 15 is 0 Å². The smallest absolute Gasteiger partial charge is 0.329 e. The van der Waals surface area contributed by atoms with Gasteiger partial charge in [0.05, 0.1) is 0 Å². The zero-order valence-corrected chi connectivity index (χ0v) is 7.63. The van der Waals surface area contributed by atoms with E-state index in [2.05, 4.69) is 0 Å². The Morgan fingerprint density at radius 3 is 2.27 bits per heavy atom. The Balaban J connectivity index is 2.62. The average molecular weight is 189 g/mol. The second kappa shape index (κ2) is 3.23. The quantitative estimate of drug-likeness (QED) is 0.578. The second-order valence-electron chi connectivity index (χ2n) is 2.16. The van der Waals surface area contributed by atoms with Crippen LogP contribution in [0.5, 0.6) is 0 Å². The van der Waals surface area contributed by atoms with E-state index < -0.39 is 5.97 Å². The Hall–Kier alpha value is -0.550. The number of hydrogen-bond acceptors (Lipinski definition) is 4. The van der Waals surface area contributed by atoms with Crippen molar-refractivity contribution in [3.63, 3.8) is 0 Å². The van der Waals surface area contributed by atoms with E-state index in [-0.39, 0.29) is 0 Å². The van der Waals surface area contributed by atoms with Crippen LogP contribution in [0.25, 0.3) is 0 Å². The molecule has 1 saturated heterocycles. The van der Waals surface area contributed by atoms with E-state index in [0.717, 1.165) is 0 Å². The lowest BCUT2D eigenvalue weighted by atomic mass is 10.4. The van der Waals surface area contributed by atoms with E-state index in [4.69, 9.17) is 29.3 Å². The topological polar surface area (TPSA) is 29.5 Å². The molecule has 1 fully saturated rings. The van der Waals surface area contributed by atoms with Crippen molar-refractivity contribution >= 4 is 40.4 Å². The van der Waals surface area contributed by atoms with Crippen LogP contribution in [-0.4, -0.2) is 21.0 Å². The summed E-state index contributed by atoms with van der Waals surface area (Å²) in [5.74, 6) is -0.392. The van der Waals surface area contributed by atoms with Crippen LogP contribution in [0.1, 0.15) is 19.8 Å². The van der Waals surface area contributed by atoms with Crippen LogP contribution in [0.2, 0.25) is 0 Å². The van der Waals surface area contributed by atoms with Gasteiger partial charge in [-0.15, -0.1) is 0 Å². The zero-order chi connectivity index (χ0) is 8.43. The number of rotatable bonds is 1. The Morgan fingerprint density at radius 2 is 1.91 bits per heavy atom. The lowest BCUT2D eigenvalue weighted by Crippen LogP contribution is -2.29. The molecule has 0 aromatic rings. The molecule has 1 rings (SSSR count). The SMILES string of the molecule is CC(=O)ON1C(=S)CCC1=S. The number of nitrogens with zero attached hydrogens (tertiary/aromatic N) is 1. The molecule has 11 heavy (non-hydrogen) atoms. The van der Waals surface area contributed by atoms with Crippen molar-refractivity contribution in [2.24, 2.45) is 0 Å². The maximum Gasteiger partial charge on any atom is 0.329 e. The molecule has 0 saturated carbocycles.